The lowest BCUT2D eigenvalue weighted by Gasteiger charge is -2.21. The van der Waals surface area contributed by atoms with Crippen molar-refractivity contribution in [1.29, 1.82) is 0 Å². The van der Waals surface area contributed by atoms with E-state index in [-0.39, 0.29) is 5.92 Å². The number of aliphatic hydroxyl groups is 1. The molecule has 2 aromatic rings. The topological polar surface area (TPSA) is 46.2 Å². The number of benzene rings is 1. The molecule has 4 heteroatoms. The molecule has 90 valence electrons. The lowest BCUT2D eigenvalue weighted by molar-refractivity contribution is 0.149. The summed E-state index contributed by atoms with van der Waals surface area (Å²) in [5.41, 5.74) is 6.49. The van der Waals surface area contributed by atoms with Crippen molar-refractivity contribution in [3.05, 3.63) is 57.2 Å². The zero-order valence-corrected chi connectivity index (χ0v) is 10.8. The fraction of sp³-hybridized carbons (Fsp3) is 0.231. The number of hydrogen-bond donors (Lipinski definition) is 2. The molecular weight excluding hydrogens is 254 g/mol. The molecule has 1 heterocycles. The second kappa shape index (κ2) is 5.65. The molecule has 0 radical (unpaired) electrons. The Morgan fingerprint density at radius 3 is 2.59 bits per heavy atom. The molecule has 2 atom stereocenters. The number of nitrogens with two attached hydrogens (primary N) is 1. The monoisotopic (exact) mass is 267 g/mol. The molecule has 0 spiro atoms. The van der Waals surface area contributed by atoms with Crippen molar-refractivity contribution in [2.45, 2.75) is 12.0 Å². The summed E-state index contributed by atoms with van der Waals surface area (Å²) < 4.78 is 0. The minimum Gasteiger partial charge on any atom is -0.388 e. The number of rotatable bonds is 4. The van der Waals surface area contributed by atoms with Crippen LogP contribution in [0.5, 0.6) is 0 Å². The van der Waals surface area contributed by atoms with E-state index in [1.807, 2.05) is 35.7 Å². The summed E-state index contributed by atoms with van der Waals surface area (Å²) in [5.74, 6) is -0.102. The van der Waals surface area contributed by atoms with Crippen LogP contribution >= 0.6 is 22.9 Å². The van der Waals surface area contributed by atoms with Crippen molar-refractivity contribution in [1.82, 2.24) is 0 Å². The predicted octanol–water partition coefficient (Wildman–Crippen LogP) is 3.18. The molecule has 3 N–H and O–H groups in total. The van der Waals surface area contributed by atoms with E-state index in [4.69, 9.17) is 17.3 Å². The maximum absolute atomic E-state index is 10.4. The summed E-state index contributed by atoms with van der Waals surface area (Å²) in [4.78, 5) is 1.08. The Kier molecular flexibility index (Phi) is 4.18. The molecule has 0 saturated carbocycles. The van der Waals surface area contributed by atoms with Gasteiger partial charge >= 0.3 is 0 Å². The zero-order chi connectivity index (χ0) is 12.3. The predicted molar refractivity (Wildman–Crippen MR) is 72.5 cm³/mol. The van der Waals surface area contributed by atoms with Crippen LogP contribution in [-0.2, 0) is 0 Å². The van der Waals surface area contributed by atoms with Gasteiger partial charge in [0.15, 0.2) is 0 Å². The molecule has 2 unspecified atom stereocenters. The first-order chi connectivity index (χ1) is 8.24. The normalized spacial score (nSPS) is 14.5. The highest BCUT2D eigenvalue weighted by Gasteiger charge is 2.23. The second-order valence-corrected chi connectivity index (χ2v) is 5.21. The lowest BCUT2D eigenvalue weighted by Crippen LogP contribution is -2.19. The van der Waals surface area contributed by atoms with Crippen LogP contribution in [0.2, 0.25) is 5.02 Å². The smallest absolute Gasteiger partial charge is 0.0892 e. The van der Waals surface area contributed by atoms with Crippen LogP contribution in [0.25, 0.3) is 0 Å². The highest BCUT2D eigenvalue weighted by atomic mass is 35.5. The second-order valence-electron chi connectivity index (χ2n) is 3.82. The first-order valence-electron chi connectivity index (χ1n) is 5.40. The summed E-state index contributed by atoms with van der Waals surface area (Å²) in [6.45, 7) is 0.396. The van der Waals surface area contributed by atoms with Gasteiger partial charge in [0, 0.05) is 22.4 Å². The van der Waals surface area contributed by atoms with Crippen LogP contribution in [0, 0.1) is 0 Å². The number of halogens is 1. The summed E-state index contributed by atoms with van der Waals surface area (Å²) >= 11 is 7.69. The minimum atomic E-state index is -0.660. The van der Waals surface area contributed by atoms with E-state index in [1.165, 1.54) is 0 Å². The third kappa shape index (κ3) is 2.69. The van der Waals surface area contributed by atoms with Crippen LogP contribution in [-0.4, -0.2) is 11.7 Å². The van der Waals surface area contributed by atoms with Crippen LogP contribution in [0.3, 0.4) is 0 Å². The highest BCUT2D eigenvalue weighted by Crippen LogP contribution is 2.35. The fourth-order valence-corrected chi connectivity index (χ4v) is 2.95. The van der Waals surface area contributed by atoms with E-state index in [0.29, 0.717) is 11.6 Å². The van der Waals surface area contributed by atoms with Gasteiger partial charge < -0.3 is 10.8 Å². The third-order valence-electron chi connectivity index (χ3n) is 2.77. The van der Waals surface area contributed by atoms with Crippen LogP contribution in [0.15, 0.2) is 41.8 Å². The quantitative estimate of drug-likeness (QED) is 0.894. The van der Waals surface area contributed by atoms with Gasteiger partial charge in [-0.3, -0.25) is 0 Å². The van der Waals surface area contributed by atoms with Crippen LogP contribution in [0.4, 0.5) is 0 Å². The van der Waals surface area contributed by atoms with Crippen molar-refractivity contribution in [2.75, 3.05) is 6.54 Å². The summed E-state index contributed by atoms with van der Waals surface area (Å²) in [5, 5.41) is 12.9. The molecule has 0 aliphatic carbocycles. The van der Waals surface area contributed by atoms with Gasteiger partial charge in [0.2, 0.25) is 0 Å². The van der Waals surface area contributed by atoms with Gasteiger partial charge in [-0.25, -0.2) is 0 Å². The Morgan fingerprint density at radius 1 is 1.24 bits per heavy atom. The molecule has 2 rings (SSSR count). The van der Waals surface area contributed by atoms with Crippen LogP contribution in [0.1, 0.15) is 22.5 Å². The Labute approximate surface area is 110 Å². The van der Waals surface area contributed by atoms with Crippen molar-refractivity contribution >= 4 is 22.9 Å². The maximum Gasteiger partial charge on any atom is 0.0892 e. The molecule has 0 aliphatic heterocycles. The van der Waals surface area contributed by atoms with Gasteiger partial charge in [0.1, 0.15) is 0 Å². The first-order valence-corrected chi connectivity index (χ1v) is 6.65. The highest BCUT2D eigenvalue weighted by molar-refractivity contribution is 7.10. The number of aliphatic hydroxyl groups excluding tert-OH is 1. The third-order valence-corrected chi connectivity index (χ3v) is 4.12. The molecule has 2 nitrogen and oxygen atoms in total. The fourth-order valence-electron chi connectivity index (χ4n) is 1.83. The van der Waals surface area contributed by atoms with Gasteiger partial charge in [-0.1, -0.05) is 35.9 Å². The Balaban J connectivity index is 2.30. The molecular formula is C13H14ClNOS. The van der Waals surface area contributed by atoms with Gasteiger partial charge in [-0.2, -0.15) is 0 Å². The molecule has 17 heavy (non-hydrogen) atoms. The molecule has 1 aromatic heterocycles. The van der Waals surface area contributed by atoms with Gasteiger partial charge in [-0.15, -0.1) is 11.3 Å². The zero-order valence-electron chi connectivity index (χ0n) is 9.21. The van der Waals surface area contributed by atoms with Crippen molar-refractivity contribution in [3.63, 3.8) is 0 Å². The van der Waals surface area contributed by atoms with E-state index in [2.05, 4.69) is 0 Å². The largest absolute Gasteiger partial charge is 0.388 e. The average molecular weight is 268 g/mol. The Morgan fingerprint density at radius 2 is 2.00 bits per heavy atom. The maximum atomic E-state index is 10.4. The van der Waals surface area contributed by atoms with Crippen LogP contribution < -0.4 is 5.73 Å². The van der Waals surface area contributed by atoms with E-state index < -0.39 is 6.10 Å². The average Bonchev–Trinajstić information content (AvgIpc) is 2.84. The molecule has 0 fully saturated rings. The van der Waals surface area contributed by atoms with Gasteiger partial charge in [-0.05, 0) is 23.1 Å². The minimum absolute atomic E-state index is 0.102. The van der Waals surface area contributed by atoms with E-state index >= 15 is 0 Å². The Bertz CT molecular complexity index is 472. The van der Waals surface area contributed by atoms with Crippen molar-refractivity contribution in [3.8, 4) is 0 Å². The number of thiophene rings is 1. The SMILES string of the molecule is NCC(c1cccs1)C(O)c1ccccc1Cl. The summed E-state index contributed by atoms with van der Waals surface area (Å²) in [6, 6.07) is 11.3. The van der Waals surface area contributed by atoms with Gasteiger partial charge in [0.25, 0.3) is 0 Å². The van der Waals surface area contributed by atoms with Crippen molar-refractivity contribution in [2.24, 2.45) is 5.73 Å². The van der Waals surface area contributed by atoms with E-state index in [0.717, 1.165) is 10.4 Å². The van der Waals surface area contributed by atoms with Crippen molar-refractivity contribution < 1.29 is 5.11 Å². The summed E-state index contributed by atoms with van der Waals surface area (Å²) in [6.07, 6.45) is -0.660. The molecule has 0 bridgehead atoms. The van der Waals surface area contributed by atoms with E-state index in [1.54, 1.807) is 17.4 Å². The van der Waals surface area contributed by atoms with E-state index in [9.17, 15) is 5.11 Å². The molecule has 0 aliphatic rings. The first kappa shape index (κ1) is 12.6. The summed E-state index contributed by atoms with van der Waals surface area (Å²) in [7, 11) is 0. The van der Waals surface area contributed by atoms with Gasteiger partial charge in [0.05, 0.1) is 6.10 Å². The number of hydrogen-bond acceptors (Lipinski definition) is 3. The lowest BCUT2D eigenvalue weighted by atomic mass is 9.94. The Hall–Kier alpha value is -0.870. The molecule has 0 amide bonds. The standard InChI is InChI=1S/C13H14ClNOS/c14-11-5-2-1-4-9(11)13(16)10(8-15)12-6-3-7-17-12/h1-7,10,13,16H,8,15H2. The molecule has 1 aromatic carbocycles. The molecule has 0 saturated heterocycles.